The molecular weight excluding hydrogens is 292 g/mol. The van der Waals surface area contributed by atoms with Gasteiger partial charge in [0.25, 0.3) is 0 Å². The predicted molar refractivity (Wildman–Crippen MR) is 88.6 cm³/mol. The SMILES string of the molecule is COc1ccc(CC2CCN(CC(=O)N3CCOCC3)C2)cc1. The van der Waals surface area contributed by atoms with Gasteiger partial charge in [0.05, 0.1) is 26.9 Å². The lowest BCUT2D eigenvalue weighted by Crippen LogP contribution is -2.45. The smallest absolute Gasteiger partial charge is 0.236 e. The maximum Gasteiger partial charge on any atom is 0.236 e. The molecule has 2 fully saturated rings. The molecule has 5 nitrogen and oxygen atoms in total. The van der Waals surface area contributed by atoms with Crippen LogP contribution in [0.3, 0.4) is 0 Å². The minimum atomic E-state index is 0.249. The molecule has 2 saturated heterocycles. The standard InChI is InChI=1S/C18H26N2O3/c1-22-17-4-2-15(3-5-17)12-16-6-7-19(13-16)14-18(21)20-8-10-23-11-9-20/h2-5,16H,6-14H2,1H3. The highest BCUT2D eigenvalue weighted by Crippen LogP contribution is 2.22. The van der Waals surface area contributed by atoms with Crippen molar-refractivity contribution in [1.82, 2.24) is 9.80 Å². The van der Waals surface area contributed by atoms with E-state index in [0.717, 1.165) is 38.3 Å². The van der Waals surface area contributed by atoms with Crippen LogP contribution in [0.5, 0.6) is 5.75 Å². The molecule has 2 aliphatic heterocycles. The van der Waals surface area contributed by atoms with Gasteiger partial charge in [0.15, 0.2) is 0 Å². The molecule has 0 radical (unpaired) electrons. The molecule has 0 saturated carbocycles. The highest BCUT2D eigenvalue weighted by molar-refractivity contribution is 5.78. The topological polar surface area (TPSA) is 42.0 Å². The van der Waals surface area contributed by atoms with Gasteiger partial charge in [0.1, 0.15) is 5.75 Å². The molecule has 0 aromatic heterocycles. The van der Waals surface area contributed by atoms with Gasteiger partial charge < -0.3 is 14.4 Å². The molecule has 5 heteroatoms. The highest BCUT2D eigenvalue weighted by atomic mass is 16.5. The molecule has 1 atom stereocenters. The van der Waals surface area contributed by atoms with Crippen molar-refractivity contribution in [3.8, 4) is 5.75 Å². The summed E-state index contributed by atoms with van der Waals surface area (Å²) >= 11 is 0. The van der Waals surface area contributed by atoms with Crippen molar-refractivity contribution in [3.05, 3.63) is 29.8 Å². The van der Waals surface area contributed by atoms with E-state index in [9.17, 15) is 4.79 Å². The second-order valence-electron chi connectivity index (χ2n) is 6.44. The number of hydrogen-bond acceptors (Lipinski definition) is 4. The lowest BCUT2D eigenvalue weighted by Gasteiger charge is -2.28. The summed E-state index contributed by atoms with van der Waals surface area (Å²) in [6.45, 7) is 5.42. The summed E-state index contributed by atoms with van der Waals surface area (Å²) in [6.07, 6.45) is 2.24. The number of nitrogens with zero attached hydrogens (tertiary/aromatic N) is 2. The molecular formula is C18H26N2O3. The van der Waals surface area contributed by atoms with E-state index in [4.69, 9.17) is 9.47 Å². The zero-order valence-electron chi connectivity index (χ0n) is 13.9. The Hall–Kier alpha value is -1.59. The van der Waals surface area contributed by atoms with Crippen LogP contribution in [0.1, 0.15) is 12.0 Å². The summed E-state index contributed by atoms with van der Waals surface area (Å²) < 4.78 is 10.5. The summed E-state index contributed by atoms with van der Waals surface area (Å²) in [5.74, 6) is 1.79. The number of rotatable bonds is 5. The van der Waals surface area contributed by atoms with E-state index in [2.05, 4.69) is 17.0 Å². The van der Waals surface area contributed by atoms with E-state index in [-0.39, 0.29) is 5.91 Å². The number of carbonyl (C=O) groups excluding carboxylic acids is 1. The van der Waals surface area contributed by atoms with Crippen LogP contribution in [-0.4, -0.2) is 68.8 Å². The van der Waals surface area contributed by atoms with Crippen molar-refractivity contribution in [2.75, 3.05) is 53.0 Å². The van der Waals surface area contributed by atoms with Gasteiger partial charge in [-0.05, 0) is 43.0 Å². The Kier molecular flexibility index (Phi) is 5.51. The van der Waals surface area contributed by atoms with Gasteiger partial charge in [-0.1, -0.05) is 12.1 Å². The zero-order chi connectivity index (χ0) is 16.1. The third-order valence-corrected chi connectivity index (χ3v) is 4.78. The quantitative estimate of drug-likeness (QED) is 0.823. The third kappa shape index (κ3) is 4.45. The second-order valence-corrected chi connectivity index (χ2v) is 6.44. The lowest BCUT2D eigenvalue weighted by molar-refractivity contribution is -0.136. The first-order valence-corrected chi connectivity index (χ1v) is 8.45. The fourth-order valence-electron chi connectivity index (χ4n) is 3.42. The van der Waals surface area contributed by atoms with E-state index in [0.29, 0.717) is 25.7 Å². The third-order valence-electron chi connectivity index (χ3n) is 4.78. The van der Waals surface area contributed by atoms with Crippen molar-refractivity contribution in [1.29, 1.82) is 0 Å². The van der Waals surface area contributed by atoms with Crippen LogP contribution >= 0.6 is 0 Å². The van der Waals surface area contributed by atoms with Crippen LogP contribution in [0.25, 0.3) is 0 Å². The minimum absolute atomic E-state index is 0.249. The molecule has 1 amide bonds. The normalized spacial score (nSPS) is 22.3. The van der Waals surface area contributed by atoms with Crippen LogP contribution in [-0.2, 0) is 16.0 Å². The van der Waals surface area contributed by atoms with Gasteiger partial charge in [0, 0.05) is 19.6 Å². The van der Waals surface area contributed by atoms with Gasteiger partial charge >= 0.3 is 0 Å². The maximum absolute atomic E-state index is 12.3. The molecule has 1 aromatic carbocycles. The molecule has 3 rings (SSSR count). The first-order chi connectivity index (χ1) is 11.2. The number of morpholine rings is 1. The predicted octanol–water partition coefficient (Wildman–Crippen LogP) is 1.42. The molecule has 126 valence electrons. The van der Waals surface area contributed by atoms with Crippen molar-refractivity contribution in [2.45, 2.75) is 12.8 Å². The number of methoxy groups -OCH3 is 1. The molecule has 2 aliphatic rings. The Bertz CT molecular complexity index is 512. The fourth-order valence-corrected chi connectivity index (χ4v) is 3.42. The van der Waals surface area contributed by atoms with E-state index in [1.54, 1.807) is 7.11 Å². The summed E-state index contributed by atoms with van der Waals surface area (Å²) in [5.41, 5.74) is 1.34. The van der Waals surface area contributed by atoms with Gasteiger partial charge in [-0.25, -0.2) is 0 Å². The number of amides is 1. The molecule has 0 aliphatic carbocycles. The molecule has 2 heterocycles. The number of carbonyl (C=O) groups is 1. The maximum atomic E-state index is 12.3. The van der Waals surface area contributed by atoms with Crippen molar-refractivity contribution in [2.24, 2.45) is 5.92 Å². The minimum Gasteiger partial charge on any atom is -0.497 e. The molecule has 0 bridgehead atoms. The lowest BCUT2D eigenvalue weighted by atomic mass is 9.99. The highest BCUT2D eigenvalue weighted by Gasteiger charge is 2.26. The van der Waals surface area contributed by atoms with Gasteiger partial charge in [-0.2, -0.15) is 0 Å². The fraction of sp³-hybridized carbons (Fsp3) is 0.611. The van der Waals surface area contributed by atoms with Crippen LogP contribution in [0.2, 0.25) is 0 Å². The van der Waals surface area contributed by atoms with Gasteiger partial charge in [-0.3, -0.25) is 9.69 Å². The monoisotopic (exact) mass is 318 g/mol. The zero-order valence-corrected chi connectivity index (χ0v) is 13.9. The van der Waals surface area contributed by atoms with Crippen LogP contribution in [0.4, 0.5) is 0 Å². The average molecular weight is 318 g/mol. The first kappa shape index (κ1) is 16.3. The first-order valence-electron chi connectivity index (χ1n) is 8.45. The van der Waals surface area contributed by atoms with Crippen LogP contribution < -0.4 is 4.74 Å². The Labute approximate surface area is 138 Å². The Morgan fingerprint density at radius 3 is 2.65 bits per heavy atom. The molecule has 23 heavy (non-hydrogen) atoms. The van der Waals surface area contributed by atoms with Crippen molar-refractivity contribution >= 4 is 5.91 Å². The van der Waals surface area contributed by atoms with E-state index in [1.165, 1.54) is 12.0 Å². The largest absolute Gasteiger partial charge is 0.497 e. The average Bonchev–Trinajstić information content (AvgIpc) is 3.03. The second kappa shape index (κ2) is 7.79. The molecule has 1 aromatic rings. The van der Waals surface area contributed by atoms with Crippen molar-refractivity contribution < 1.29 is 14.3 Å². The summed E-state index contributed by atoms with van der Waals surface area (Å²) in [6, 6.07) is 8.31. The molecule has 0 N–H and O–H groups in total. The van der Waals surface area contributed by atoms with E-state index < -0.39 is 0 Å². The summed E-state index contributed by atoms with van der Waals surface area (Å²) in [4.78, 5) is 16.5. The summed E-state index contributed by atoms with van der Waals surface area (Å²) in [7, 11) is 1.69. The number of likely N-dealkylation sites (tertiary alicyclic amines) is 1. The number of hydrogen-bond donors (Lipinski definition) is 0. The van der Waals surface area contributed by atoms with Crippen molar-refractivity contribution in [3.63, 3.8) is 0 Å². The molecule has 1 unspecified atom stereocenters. The van der Waals surface area contributed by atoms with Gasteiger partial charge in [-0.15, -0.1) is 0 Å². The van der Waals surface area contributed by atoms with Crippen LogP contribution in [0, 0.1) is 5.92 Å². The van der Waals surface area contributed by atoms with Gasteiger partial charge in [0.2, 0.25) is 5.91 Å². The van der Waals surface area contributed by atoms with E-state index >= 15 is 0 Å². The summed E-state index contributed by atoms with van der Waals surface area (Å²) in [5, 5.41) is 0. The Morgan fingerprint density at radius 1 is 1.22 bits per heavy atom. The van der Waals surface area contributed by atoms with E-state index in [1.807, 2.05) is 17.0 Å². The number of ether oxygens (including phenoxy) is 2. The molecule has 0 spiro atoms. The van der Waals surface area contributed by atoms with Crippen LogP contribution in [0.15, 0.2) is 24.3 Å². The Morgan fingerprint density at radius 2 is 1.96 bits per heavy atom. The Balaban J connectivity index is 1.45. The number of benzene rings is 1.